The molecular weight excluding hydrogens is 228 g/mol. The number of hydrogen-bond acceptors (Lipinski definition) is 0. The Bertz CT molecular complexity index is 730. The van der Waals surface area contributed by atoms with Crippen LogP contribution in [0.4, 0.5) is 0 Å². The number of benzene rings is 3. The largest absolute Gasteiger partial charge is 0.0636 e. The summed E-state index contributed by atoms with van der Waals surface area (Å²) in [4.78, 5) is 0. The van der Waals surface area contributed by atoms with E-state index in [1.165, 1.54) is 5.56 Å². The van der Waals surface area contributed by atoms with Gasteiger partial charge in [0.05, 0.1) is 1.37 Å². The van der Waals surface area contributed by atoms with E-state index in [1.54, 1.807) is 0 Å². The van der Waals surface area contributed by atoms with Crippen LogP contribution in [0.5, 0.6) is 0 Å². The van der Waals surface area contributed by atoms with Gasteiger partial charge in [0.25, 0.3) is 0 Å². The van der Waals surface area contributed by atoms with Crippen LogP contribution in [0.1, 0.15) is 6.93 Å². The maximum atomic E-state index is 8.52. The van der Waals surface area contributed by atoms with Gasteiger partial charge in [0.1, 0.15) is 0 Å². The Kier molecular flexibility index (Phi) is 2.84. The fourth-order valence-corrected chi connectivity index (χ4v) is 2.29. The van der Waals surface area contributed by atoms with Crippen LogP contribution in [-0.2, 0) is 0 Å². The van der Waals surface area contributed by atoms with E-state index in [2.05, 4.69) is 31.2 Å². The van der Waals surface area contributed by atoms with Crippen molar-refractivity contribution in [2.75, 3.05) is 0 Å². The average Bonchev–Trinajstić information content (AvgIpc) is 2.49. The van der Waals surface area contributed by atoms with Gasteiger partial charge in [0, 0.05) is 0 Å². The molecule has 0 heteroatoms. The highest BCUT2D eigenvalue weighted by Crippen LogP contribution is 2.28. The Morgan fingerprint density at radius 2 is 1.26 bits per heavy atom. The third-order valence-electron chi connectivity index (χ3n) is 3.32. The molecule has 0 heterocycles. The first kappa shape index (κ1) is 10.6. The predicted octanol–water partition coefficient (Wildman–Crippen LogP) is 5.33. The topological polar surface area (TPSA) is 0 Å². The molecule has 0 aromatic heterocycles. The van der Waals surface area contributed by atoms with Crippen molar-refractivity contribution >= 4 is 0 Å². The average molecular weight is 245 g/mol. The summed E-state index contributed by atoms with van der Waals surface area (Å²) in [7, 11) is 0. The second-order valence-corrected chi connectivity index (χ2v) is 4.66. The van der Waals surface area contributed by atoms with Crippen molar-refractivity contribution in [2.24, 2.45) is 0 Å². The second-order valence-electron chi connectivity index (χ2n) is 4.66. The van der Waals surface area contributed by atoms with Gasteiger partial charge in [0.15, 0.2) is 0 Å². The monoisotopic (exact) mass is 245 g/mol. The molecule has 0 fully saturated rings. The zero-order valence-electron chi connectivity index (χ0n) is 11.9. The number of hydrogen-bond donors (Lipinski definition) is 0. The third kappa shape index (κ3) is 2.43. The first-order valence-corrected chi connectivity index (χ1v) is 6.48. The highest BCUT2D eigenvalue weighted by Gasteiger charge is 2.03. The molecule has 0 N–H and O–H groups in total. The van der Waals surface area contributed by atoms with Crippen LogP contribution in [0.3, 0.4) is 0 Å². The van der Waals surface area contributed by atoms with Gasteiger partial charge >= 0.3 is 0 Å². The minimum atomic E-state index is 0.591. The zero-order valence-corrected chi connectivity index (χ0v) is 10.9. The van der Waals surface area contributed by atoms with Crippen LogP contribution in [0.25, 0.3) is 22.3 Å². The molecule has 92 valence electrons. The molecule has 0 saturated carbocycles. The summed E-state index contributed by atoms with van der Waals surface area (Å²) in [6.45, 7) is 2.09. The van der Waals surface area contributed by atoms with Crippen molar-refractivity contribution in [3.63, 3.8) is 0 Å². The summed E-state index contributed by atoms with van der Waals surface area (Å²) in [5.74, 6) is 0. The summed E-state index contributed by atoms with van der Waals surface area (Å²) < 4.78 is 8.52. The number of rotatable bonds is 2. The van der Waals surface area contributed by atoms with Crippen LogP contribution in [-0.4, -0.2) is 0 Å². The van der Waals surface area contributed by atoms with E-state index < -0.39 is 0 Å². The molecule has 0 spiro atoms. The Morgan fingerprint density at radius 1 is 0.632 bits per heavy atom. The molecule has 0 saturated heterocycles. The van der Waals surface area contributed by atoms with E-state index in [0.29, 0.717) is 6.04 Å². The normalized spacial score (nSPS) is 11.1. The summed E-state index contributed by atoms with van der Waals surface area (Å²) in [6, 6.07) is 25.0. The standard InChI is InChI=1S/C19H16/c1-15-8-5-6-13-19(15)18-12-7-11-17(14-18)16-9-3-2-4-10-16/h2-14H,1H3/i14D. The number of aryl methyl sites for hydroxylation is 1. The van der Waals surface area contributed by atoms with E-state index in [9.17, 15) is 0 Å². The lowest BCUT2D eigenvalue weighted by Crippen LogP contribution is -1.84. The molecular formula is C19H16. The Morgan fingerprint density at radius 3 is 2.05 bits per heavy atom. The van der Waals surface area contributed by atoms with Gasteiger partial charge in [-0.25, -0.2) is 0 Å². The van der Waals surface area contributed by atoms with Gasteiger partial charge in [-0.05, 0) is 40.8 Å². The van der Waals surface area contributed by atoms with Gasteiger partial charge in [-0.2, -0.15) is 0 Å². The molecule has 0 aliphatic heterocycles. The molecule has 19 heavy (non-hydrogen) atoms. The quantitative estimate of drug-likeness (QED) is 0.572. The lowest BCUT2D eigenvalue weighted by Gasteiger charge is -2.08. The molecule has 0 amide bonds. The molecule has 0 radical (unpaired) electrons. The van der Waals surface area contributed by atoms with Crippen molar-refractivity contribution in [3.8, 4) is 22.3 Å². The molecule has 0 nitrogen and oxygen atoms in total. The van der Waals surface area contributed by atoms with Gasteiger partial charge < -0.3 is 0 Å². The molecule has 3 aromatic carbocycles. The highest BCUT2D eigenvalue weighted by molar-refractivity contribution is 5.74. The molecule has 0 bridgehead atoms. The van der Waals surface area contributed by atoms with Crippen LogP contribution in [0, 0.1) is 6.92 Å². The molecule has 0 atom stereocenters. The fourth-order valence-electron chi connectivity index (χ4n) is 2.29. The first-order valence-electron chi connectivity index (χ1n) is 6.98. The van der Waals surface area contributed by atoms with Crippen molar-refractivity contribution in [2.45, 2.75) is 6.92 Å². The maximum Gasteiger partial charge on any atom is 0.0636 e. The van der Waals surface area contributed by atoms with Crippen molar-refractivity contribution in [1.82, 2.24) is 0 Å². The van der Waals surface area contributed by atoms with E-state index in [-0.39, 0.29) is 0 Å². The van der Waals surface area contributed by atoms with Crippen LogP contribution in [0.2, 0.25) is 0 Å². The van der Waals surface area contributed by atoms with Crippen molar-refractivity contribution in [1.29, 1.82) is 0 Å². The van der Waals surface area contributed by atoms with Gasteiger partial charge in [-0.3, -0.25) is 0 Å². The van der Waals surface area contributed by atoms with Crippen LogP contribution in [0.15, 0.2) is 78.8 Å². The Balaban J connectivity index is 2.19. The predicted molar refractivity (Wildman–Crippen MR) is 82.1 cm³/mol. The van der Waals surface area contributed by atoms with Crippen LogP contribution >= 0.6 is 0 Å². The lowest BCUT2D eigenvalue weighted by atomic mass is 9.96. The van der Waals surface area contributed by atoms with Crippen molar-refractivity contribution < 1.29 is 1.37 Å². The van der Waals surface area contributed by atoms with E-state index in [0.717, 1.165) is 22.3 Å². The molecule has 3 rings (SSSR count). The van der Waals surface area contributed by atoms with E-state index in [4.69, 9.17) is 1.37 Å². The van der Waals surface area contributed by atoms with E-state index in [1.807, 2.05) is 48.5 Å². The maximum absolute atomic E-state index is 8.52. The van der Waals surface area contributed by atoms with Crippen molar-refractivity contribution in [3.05, 3.63) is 84.4 Å². The summed E-state index contributed by atoms with van der Waals surface area (Å²) in [5.41, 5.74) is 5.39. The summed E-state index contributed by atoms with van der Waals surface area (Å²) in [6.07, 6.45) is 0. The molecule has 3 aromatic rings. The minimum absolute atomic E-state index is 0.591. The zero-order chi connectivity index (χ0) is 13.9. The van der Waals surface area contributed by atoms with Gasteiger partial charge in [-0.1, -0.05) is 72.8 Å². The van der Waals surface area contributed by atoms with Gasteiger partial charge in [0.2, 0.25) is 0 Å². The lowest BCUT2D eigenvalue weighted by molar-refractivity contribution is 1.46. The Labute approximate surface area is 115 Å². The molecule has 0 aliphatic carbocycles. The SMILES string of the molecule is [2H]c1c(-c2ccccc2)cccc1-c1ccccc1C. The van der Waals surface area contributed by atoms with Gasteiger partial charge in [-0.15, -0.1) is 0 Å². The first-order chi connectivity index (χ1) is 9.77. The fraction of sp³-hybridized carbons (Fsp3) is 0.0526. The second kappa shape index (κ2) is 5.11. The minimum Gasteiger partial charge on any atom is -0.0622 e. The summed E-state index contributed by atoms with van der Waals surface area (Å²) >= 11 is 0. The summed E-state index contributed by atoms with van der Waals surface area (Å²) in [5, 5.41) is 0. The smallest absolute Gasteiger partial charge is 0.0622 e. The van der Waals surface area contributed by atoms with E-state index >= 15 is 0 Å². The molecule has 0 aliphatic rings. The highest BCUT2D eigenvalue weighted by atomic mass is 14.1. The Hall–Kier alpha value is -2.34. The van der Waals surface area contributed by atoms with Crippen LogP contribution < -0.4 is 0 Å². The molecule has 0 unspecified atom stereocenters. The third-order valence-corrected chi connectivity index (χ3v) is 3.32.